The van der Waals surface area contributed by atoms with Crippen molar-refractivity contribution in [3.63, 3.8) is 0 Å². The number of fused-ring (bicyclic) bond motifs is 4. The van der Waals surface area contributed by atoms with Gasteiger partial charge in [0.2, 0.25) is 8.32 Å². The lowest BCUT2D eigenvalue weighted by atomic mass is 9.43. The lowest BCUT2D eigenvalue weighted by Crippen LogP contribution is -2.67. The average Bonchev–Trinajstić information content (AvgIpc) is 3.51. The van der Waals surface area contributed by atoms with Crippen molar-refractivity contribution in [2.24, 2.45) is 39.9 Å². The summed E-state index contributed by atoms with van der Waals surface area (Å²) in [6, 6.07) is 0. The highest BCUT2D eigenvalue weighted by Crippen LogP contribution is 2.82. The first-order valence-corrected chi connectivity index (χ1v) is 28.2. The second-order valence-corrected chi connectivity index (χ2v) is 36.5. The predicted molar refractivity (Wildman–Crippen MR) is 208 cm³/mol. The van der Waals surface area contributed by atoms with Crippen LogP contribution in [-0.4, -0.2) is 61.6 Å². The van der Waals surface area contributed by atoms with Crippen LogP contribution < -0.4 is 0 Å². The van der Waals surface area contributed by atoms with E-state index in [0.29, 0.717) is 17.9 Å². The Morgan fingerprint density at radius 1 is 0.792 bits per heavy atom. The summed E-state index contributed by atoms with van der Waals surface area (Å²) in [6.07, 6.45) is 9.34. The van der Waals surface area contributed by atoms with Gasteiger partial charge in [0.1, 0.15) is 11.4 Å². The van der Waals surface area contributed by atoms with Crippen molar-refractivity contribution in [2.45, 2.75) is 187 Å². The predicted octanol–water partition coefficient (Wildman–Crippen LogP) is 10.9. The second kappa shape index (κ2) is 11.5. The van der Waals surface area contributed by atoms with E-state index in [1.54, 1.807) is 0 Å². The third-order valence-electron chi connectivity index (χ3n) is 16.9. The Balaban J connectivity index is 1.64. The third kappa shape index (κ3) is 5.52. The lowest BCUT2D eigenvalue weighted by molar-refractivity contribution is -0.231. The van der Waals surface area contributed by atoms with E-state index in [-0.39, 0.29) is 44.6 Å². The van der Waals surface area contributed by atoms with Crippen LogP contribution >= 0.6 is 0 Å². The SMILES string of the molecule is CO[C@@H]1C[C@@H]2[C@H](CC[C@]3(C)[C@H]([C@@H](CO[Si](C)(C)C(C)(C)C)O[Si](C)(C)C(C)(C)C)C=C(O[Si](C)(C)C(C)(C)C)[C@]23O)[C@@]2(C)CC[C@@H]3C[C@]312. The van der Waals surface area contributed by atoms with Gasteiger partial charge in [-0.2, -0.15) is 0 Å². The number of aliphatic hydroxyl groups is 1. The highest BCUT2D eigenvalue weighted by atomic mass is 28.4. The summed E-state index contributed by atoms with van der Waals surface area (Å²) in [4.78, 5) is 0. The molecule has 0 unspecified atom stereocenters. The number of ether oxygens (including phenoxy) is 1. The van der Waals surface area contributed by atoms with Crippen LogP contribution in [0.5, 0.6) is 0 Å². The Morgan fingerprint density at radius 3 is 1.83 bits per heavy atom. The topological polar surface area (TPSA) is 57.2 Å². The fourth-order valence-electron chi connectivity index (χ4n) is 10.5. The Hall–Kier alpha value is 0.0306. The van der Waals surface area contributed by atoms with E-state index in [0.717, 1.165) is 30.9 Å². The zero-order valence-corrected chi connectivity index (χ0v) is 37.6. The zero-order chi connectivity index (χ0) is 36.5. The molecular formula is C40H76O5Si3. The largest absolute Gasteiger partial charge is 0.545 e. The monoisotopic (exact) mass is 721 g/mol. The van der Waals surface area contributed by atoms with Gasteiger partial charge in [-0.15, -0.1) is 0 Å². The van der Waals surface area contributed by atoms with Gasteiger partial charge in [0, 0.05) is 29.8 Å². The van der Waals surface area contributed by atoms with Gasteiger partial charge in [0.05, 0.1) is 18.8 Å². The van der Waals surface area contributed by atoms with Crippen molar-refractivity contribution in [3.8, 4) is 0 Å². The van der Waals surface area contributed by atoms with Crippen LogP contribution in [0.2, 0.25) is 54.4 Å². The van der Waals surface area contributed by atoms with Crippen LogP contribution in [-0.2, 0) is 18.0 Å². The Kier molecular flexibility index (Phi) is 9.41. The highest BCUT2D eigenvalue weighted by Gasteiger charge is 2.80. The molecule has 278 valence electrons. The Morgan fingerprint density at radius 2 is 1.33 bits per heavy atom. The molecule has 10 atom stereocenters. The number of hydrogen-bond acceptors (Lipinski definition) is 5. The molecule has 0 aromatic carbocycles. The Bertz CT molecular complexity index is 1270. The van der Waals surface area contributed by atoms with Gasteiger partial charge in [-0.3, -0.25) is 0 Å². The summed E-state index contributed by atoms with van der Waals surface area (Å²) in [5, 5.41) is 14.1. The number of hydrogen-bond donors (Lipinski definition) is 1. The minimum atomic E-state index is -2.29. The van der Waals surface area contributed by atoms with Crippen LogP contribution in [0.3, 0.4) is 0 Å². The van der Waals surface area contributed by atoms with Crippen molar-refractivity contribution in [3.05, 3.63) is 11.8 Å². The van der Waals surface area contributed by atoms with E-state index in [2.05, 4.69) is 122 Å². The molecule has 1 N–H and O–H groups in total. The van der Waals surface area contributed by atoms with Crippen LogP contribution in [0.15, 0.2) is 11.8 Å². The quantitative estimate of drug-likeness (QED) is 0.240. The summed E-state index contributed by atoms with van der Waals surface area (Å²) in [5.74, 6) is 2.19. The van der Waals surface area contributed by atoms with E-state index < -0.39 is 36.0 Å². The smallest absolute Gasteiger partial charge is 0.250 e. The van der Waals surface area contributed by atoms with Crippen molar-refractivity contribution >= 4 is 25.0 Å². The molecule has 0 aromatic heterocycles. The van der Waals surface area contributed by atoms with Gasteiger partial charge in [-0.1, -0.05) is 76.2 Å². The molecule has 5 aliphatic carbocycles. The van der Waals surface area contributed by atoms with Crippen molar-refractivity contribution in [1.82, 2.24) is 0 Å². The first kappa shape index (κ1) is 39.2. The second-order valence-electron chi connectivity index (χ2n) is 22.2. The molecule has 8 heteroatoms. The minimum absolute atomic E-state index is 0.0101. The van der Waals surface area contributed by atoms with Gasteiger partial charge in [-0.05, 0) is 116 Å². The van der Waals surface area contributed by atoms with Gasteiger partial charge in [-0.25, -0.2) is 0 Å². The first-order chi connectivity index (χ1) is 21.5. The molecule has 0 bridgehead atoms. The first-order valence-electron chi connectivity index (χ1n) is 19.5. The molecule has 4 saturated carbocycles. The van der Waals surface area contributed by atoms with Crippen LogP contribution in [0.4, 0.5) is 0 Å². The average molecular weight is 721 g/mol. The molecule has 4 fully saturated rings. The third-order valence-corrected chi connectivity index (χ3v) is 30.3. The maximum absolute atomic E-state index is 13.9. The van der Waals surface area contributed by atoms with Gasteiger partial charge in [0.25, 0.3) is 0 Å². The molecule has 0 aromatic rings. The number of rotatable bonds is 9. The van der Waals surface area contributed by atoms with Crippen molar-refractivity contribution < 1.29 is 23.1 Å². The number of methoxy groups -OCH3 is 1. The molecule has 1 spiro atoms. The molecule has 0 amide bonds. The van der Waals surface area contributed by atoms with Crippen LogP contribution in [0.25, 0.3) is 0 Å². The molecule has 0 saturated heterocycles. The van der Waals surface area contributed by atoms with E-state index in [9.17, 15) is 5.11 Å². The van der Waals surface area contributed by atoms with Crippen LogP contribution in [0.1, 0.15) is 115 Å². The normalized spacial score (nSPS) is 40.8. The van der Waals surface area contributed by atoms with Gasteiger partial charge >= 0.3 is 0 Å². The molecule has 5 aliphatic rings. The summed E-state index contributed by atoms with van der Waals surface area (Å²) < 4.78 is 28.5. The summed E-state index contributed by atoms with van der Waals surface area (Å²) in [5.41, 5.74) is -1.03. The van der Waals surface area contributed by atoms with E-state index in [1.165, 1.54) is 19.3 Å². The fourth-order valence-corrected chi connectivity index (χ4v) is 13.9. The lowest BCUT2D eigenvalue weighted by Gasteiger charge is -2.64. The summed E-state index contributed by atoms with van der Waals surface area (Å²) in [7, 11) is -4.63. The van der Waals surface area contributed by atoms with Gasteiger partial charge < -0.3 is 23.1 Å². The van der Waals surface area contributed by atoms with Crippen LogP contribution in [0, 0.1) is 39.9 Å². The zero-order valence-electron chi connectivity index (χ0n) is 34.6. The molecule has 5 rings (SSSR count). The van der Waals surface area contributed by atoms with E-state index in [4.69, 9.17) is 18.0 Å². The summed E-state index contributed by atoms with van der Waals surface area (Å²) >= 11 is 0. The summed E-state index contributed by atoms with van der Waals surface area (Å²) in [6.45, 7) is 40.6. The molecule has 0 heterocycles. The van der Waals surface area contributed by atoms with Crippen molar-refractivity contribution in [2.75, 3.05) is 13.7 Å². The van der Waals surface area contributed by atoms with E-state index >= 15 is 0 Å². The Labute approximate surface area is 299 Å². The molecule has 5 nitrogen and oxygen atoms in total. The standard InChI is InChI=1S/C40H76O5Si3/c1-34(2,3)46(13,14)43-26-31(44-47(15,16)35(4,5)6)30-24-33(45-48(17,18)36(7,8)9)40(41)29-23-32(42-12)39-25-27(39)19-21-37(39,10)28(29)20-22-38(30,40)11/h24,27-32,41H,19-23,25-26H2,1-18H3/t27-,28+,29-,30+,31-,32-,37-,38-,39+,40-/m1/s1. The highest BCUT2D eigenvalue weighted by molar-refractivity contribution is 6.75. The fraction of sp³-hybridized carbons (Fsp3) is 0.950. The van der Waals surface area contributed by atoms with E-state index in [1.807, 2.05) is 7.11 Å². The van der Waals surface area contributed by atoms with Crippen molar-refractivity contribution in [1.29, 1.82) is 0 Å². The molecule has 48 heavy (non-hydrogen) atoms. The molecule has 0 aliphatic heterocycles. The molecular weight excluding hydrogens is 645 g/mol. The minimum Gasteiger partial charge on any atom is -0.545 e. The maximum Gasteiger partial charge on any atom is 0.250 e. The molecule has 0 radical (unpaired) electrons. The maximum atomic E-state index is 13.9. The van der Waals surface area contributed by atoms with Gasteiger partial charge in [0.15, 0.2) is 16.6 Å².